The number of hydrogen-bond donors (Lipinski definition) is 3. The summed E-state index contributed by atoms with van der Waals surface area (Å²) in [5, 5.41) is 8.52. The van der Waals surface area contributed by atoms with E-state index < -0.39 is 10.0 Å². The minimum Gasteiger partial charge on any atom is -0.399 e. The van der Waals surface area contributed by atoms with Crippen molar-refractivity contribution in [3.05, 3.63) is 24.3 Å². The molecule has 0 bridgehead atoms. The Morgan fingerprint density at radius 2 is 1.94 bits per heavy atom. The largest absolute Gasteiger partial charge is 0.399 e. The van der Waals surface area contributed by atoms with Gasteiger partial charge in [-0.3, -0.25) is 0 Å². The number of hydrogen-bond acceptors (Lipinski definition) is 5. The number of nitrogen functional groups attached to an aromatic ring is 1. The standard InChI is InChI=1S/C10H16N2O3S2/c11-9-1-3-10(4-2-9)16-7-8-17(14,15)12-5-6-13/h1-4,12-13H,5-8,11H2. The Balaban J connectivity index is 2.34. The van der Waals surface area contributed by atoms with Gasteiger partial charge in [-0.25, -0.2) is 13.1 Å². The highest BCUT2D eigenvalue weighted by atomic mass is 32.2. The van der Waals surface area contributed by atoms with Crippen molar-refractivity contribution in [3.8, 4) is 0 Å². The first-order chi connectivity index (χ1) is 8.03. The SMILES string of the molecule is Nc1ccc(SCCS(=O)(=O)NCCO)cc1. The number of nitrogens with one attached hydrogen (secondary N) is 1. The fraction of sp³-hybridized carbons (Fsp3) is 0.400. The van der Waals surface area contributed by atoms with Crippen LogP contribution in [-0.4, -0.2) is 38.2 Å². The summed E-state index contributed by atoms with van der Waals surface area (Å²) in [6.45, 7) is -0.126. The van der Waals surface area contributed by atoms with Crippen LogP contribution in [0.1, 0.15) is 0 Å². The second kappa shape index (κ2) is 6.85. The van der Waals surface area contributed by atoms with E-state index in [1.165, 1.54) is 11.8 Å². The summed E-state index contributed by atoms with van der Waals surface area (Å²) in [6, 6.07) is 7.27. The minimum absolute atomic E-state index is 0.0298. The lowest BCUT2D eigenvalue weighted by atomic mass is 10.3. The van der Waals surface area contributed by atoms with E-state index in [2.05, 4.69) is 4.72 Å². The van der Waals surface area contributed by atoms with E-state index in [0.29, 0.717) is 11.4 Å². The third kappa shape index (κ3) is 5.92. The number of anilines is 1. The Labute approximate surface area is 105 Å². The Bertz CT molecular complexity index is 431. The van der Waals surface area contributed by atoms with Crippen LogP contribution in [0.15, 0.2) is 29.2 Å². The maximum atomic E-state index is 11.4. The van der Waals surface area contributed by atoms with E-state index in [1.807, 2.05) is 12.1 Å². The van der Waals surface area contributed by atoms with Gasteiger partial charge in [-0.15, -0.1) is 11.8 Å². The fourth-order valence-electron chi connectivity index (χ4n) is 1.11. The van der Waals surface area contributed by atoms with Crippen molar-refractivity contribution in [1.29, 1.82) is 0 Å². The average molecular weight is 276 g/mol. The monoisotopic (exact) mass is 276 g/mol. The predicted octanol–water partition coefficient (Wildman–Crippen LogP) is 0.273. The second-order valence-corrected chi connectivity index (χ2v) is 6.45. The van der Waals surface area contributed by atoms with E-state index in [9.17, 15) is 8.42 Å². The molecule has 17 heavy (non-hydrogen) atoms. The van der Waals surface area contributed by atoms with Crippen LogP contribution >= 0.6 is 11.8 Å². The van der Waals surface area contributed by atoms with Crippen LogP contribution in [0.4, 0.5) is 5.69 Å². The molecule has 0 amide bonds. The highest BCUT2D eigenvalue weighted by Gasteiger charge is 2.08. The van der Waals surface area contributed by atoms with E-state index in [-0.39, 0.29) is 18.9 Å². The number of rotatable bonds is 7. The van der Waals surface area contributed by atoms with Gasteiger partial charge < -0.3 is 10.8 Å². The van der Waals surface area contributed by atoms with Gasteiger partial charge in [0.15, 0.2) is 0 Å². The molecule has 5 nitrogen and oxygen atoms in total. The lowest BCUT2D eigenvalue weighted by Crippen LogP contribution is -2.29. The van der Waals surface area contributed by atoms with E-state index in [4.69, 9.17) is 10.8 Å². The fourth-order valence-corrected chi connectivity index (χ4v) is 3.43. The summed E-state index contributed by atoms with van der Waals surface area (Å²) >= 11 is 1.45. The van der Waals surface area contributed by atoms with Crippen LogP contribution in [0.2, 0.25) is 0 Å². The normalized spacial score (nSPS) is 11.6. The predicted molar refractivity (Wildman–Crippen MR) is 70.5 cm³/mol. The van der Waals surface area contributed by atoms with Crippen LogP contribution in [0, 0.1) is 0 Å². The molecule has 0 spiro atoms. The number of aliphatic hydroxyl groups is 1. The van der Waals surface area contributed by atoms with E-state index in [1.54, 1.807) is 12.1 Å². The molecule has 0 aromatic heterocycles. The Kier molecular flexibility index (Phi) is 5.76. The minimum atomic E-state index is -3.28. The molecule has 96 valence electrons. The van der Waals surface area contributed by atoms with Gasteiger partial charge in [-0.1, -0.05) is 0 Å². The first-order valence-corrected chi connectivity index (χ1v) is 7.74. The number of sulfonamides is 1. The zero-order valence-electron chi connectivity index (χ0n) is 9.30. The Hall–Kier alpha value is -0.760. The summed E-state index contributed by atoms with van der Waals surface area (Å²) in [6.07, 6.45) is 0. The molecule has 0 aliphatic heterocycles. The van der Waals surface area contributed by atoms with Gasteiger partial charge in [0.05, 0.1) is 12.4 Å². The molecule has 1 aromatic rings. The molecule has 0 saturated carbocycles. The topological polar surface area (TPSA) is 92.4 Å². The molecule has 1 rings (SSSR count). The molecular formula is C10H16N2O3S2. The summed E-state index contributed by atoms with van der Waals surface area (Å²) in [7, 11) is -3.28. The summed E-state index contributed by atoms with van der Waals surface area (Å²) in [4.78, 5) is 0.983. The molecule has 1 aromatic carbocycles. The van der Waals surface area contributed by atoms with Crippen molar-refractivity contribution in [1.82, 2.24) is 4.72 Å². The molecule has 0 atom stereocenters. The molecule has 0 unspecified atom stereocenters. The second-order valence-electron chi connectivity index (χ2n) is 3.35. The summed E-state index contributed by atoms with van der Waals surface area (Å²) in [5.41, 5.74) is 6.23. The zero-order chi connectivity index (χ0) is 12.7. The molecular weight excluding hydrogens is 260 g/mol. The Morgan fingerprint density at radius 3 is 2.53 bits per heavy atom. The molecule has 4 N–H and O–H groups in total. The number of thioether (sulfide) groups is 1. The lowest BCUT2D eigenvalue weighted by molar-refractivity contribution is 0.301. The van der Waals surface area contributed by atoms with Crippen molar-refractivity contribution in [2.24, 2.45) is 0 Å². The molecule has 0 aliphatic rings. The Morgan fingerprint density at radius 1 is 1.29 bits per heavy atom. The highest BCUT2D eigenvalue weighted by Crippen LogP contribution is 2.19. The smallest absolute Gasteiger partial charge is 0.212 e. The van der Waals surface area contributed by atoms with E-state index >= 15 is 0 Å². The summed E-state index contributed by atoms with van der Waals surface area (Å²) in [5.74, 6) is 0.493. The van der Waals surface area contributed by atoms with Gasteiger partial charge in [0, 0.05) is 22.9 Å². The van der Waals surface area contributed by atoms with Gasteiger partial charge in [-0.05, 0) is 24.3 Å². The van der Waals surface area contributed by atoms with Crippen molar-refractivity contribution in [2.75, 3.05) is 30.4 Å². The molecule has 0 aliphatic carbocycles. The molecule has 0 saturated heterocycles. The van der Waals surface area contributed by atoms with Crippen LogP contribution in [-0.2, 0) is 10.0 Å². The zero-order valence-corrected chi connectivity index (χ0v) is 10.9. The van der Waals surface area contributed by atoms with Crippen LogP contribution < -0.4 is 10.5 Å². The van der Waals surface area contributed by atoms with Crippen LogP contribution in [0.5, 0.6) is 0 Å². The summed E-state index contributed by atoms with van der Waals surface area (Å²) < 4.78 is 25.0. The van der Waals surface area contributed by atoms with Gasteiger partial charge in [0.1, 0.15) is 0 Å². The number of nitrogens with two attached hydrogens (primary N) is 1. The average Bonchev–Trinajstić information content (AvgIpc) is 2.29. The van der Waals surface area contributed by atoms with E-state index in [0.717, 1.165) is 4.90 Å². The molecule has 0 radical (unpaired) electrons. The van der Waals surface area contributed by atoms with Crippen molar-refractivity contribution in [3.63, 3.8) is 0 Å². The lowest BCUT2D eigenvalue weighted by Gasteiger charge is -2.05. The van der Waals surface area contributed by atoms with Gasteiger partial charge >= 0.3 is 0 Å². The highest BCUT2D eigenvalue weighted by molar-refractivity contribution is 8.00. The van der Waals surface area contributed by atoms with Crippen molar-refractivity contribution < 1.29 is 13.5 Å². The van der Waals surface area contributed by atoms with Gasteiger partial charge in [0.25, 0.3) is 0 Å². The first kappa shape index (κ1) is 14.3. The first-order valence-electron chi connectivity index (χ1n) is 5.10. The van der Waals surface area contributed by atoms with Crippen LogP contribution in [0.3, 0.4) is 0 Å². The van der Waals surface area contributed by atoms with Crippen molar-refractivity contribution in [2.45, 2.75) is 4.90 Å². The van der Waals surface area contributed by atoms with Crippen LogP contribution in [0.25, 0.3) is 0 Å². The quantitative estimate of drug-likeness (QED) is 0.491. The van der Waals surface area contributed by atoms with Gasteiger partial charge in [-0.2, -0.15) is 0 Å². The van der Waals surface area contributed by atoms with Gasteiger partial charge in [0.2, 0.25) is 10.0 Å². The molecule has 0 fully saturated rings. The van der Waals surface area contributed by atoms with Crippen molar-refractivity contribution >= 4 is 27.5 Å². The molecule has 7 heteroatoms. The number of aliphatic hydroxyl groups excluding tert-OH is 1. The third-order valence-corrected chi connectivity index (χ3v) is 4.59. The maximum absolute atomic E-state index is 11.4. The maximum Gasteiger partial charge on any atom is 0.212 e. The molecule has 0 heterocycles. The third-order valence-electron chi connectivity index (χ3n) is 1.93. The number of benzene rings is 1.